The highest BCUT2D eigenvalue weighted by Crippen LogP contribution is 2.25. The van der Waals surface area contributed by atoms with Crippen molar-refractivity contribution >= 4 is 32.1 Å². The quantitative estimate of drug-likeness (QED) is 0.718. The number of aromatic nitrogens is 4. The number of hydrogen-bond acceptors (Lipinski definition) is 6. The second kappa shape index (κ2) is 5.13. The summed E-state index contributed by atoms with van der Waals surface area (Å²) in [5.74, 6) is 0.334. The molecule has 3 aromatic rings. The third kappa shape index (κ3) is 2.52. The fourth-order valence-corrected chi connectivity index (χ4v) is 4.07. The van der Waals surface area contributed by atoms with Gasteiger partial charge in [0.2, 0.25) is 0 Å². The Kier molecular flexibility index (Phi) is 3.43. The number of hydrogen-bond donors (Lipinski definition) is 2. The van der Waals surface area contributed by atoms with Crippen molar-refractivity contribution in [3.05, 3.63) is 29.5 Å². The third-order valence-electron chi connectivity index (χ3n) is 2.93. The van der Waals surface area contributed by atoms with Crippen molar-refractivity contribution in [3.8, 4) is 0 Å². The molecular weight excluding hydrogens is 312 g/mol. The lowest BCUT2D eigenvalue weighted by atomic mass is 10.4. The summed E-state index contributed by atoms with van der Waals surface area (Å²) in [6.45, 7) is 0.177. The van der Waals surface area contributed by atoms with Gasteiger partial charge in [-0.05, 0) is 0 Å². The van der Waals surface area contributed by atoms with Gasteiger partial charge >= 0.3 is 0 Å². The Morgan fingerprint density at radius 2 is 2.24 bits per heavy atom. The first-order valence-electron chi connectivity index (χ1n) is 6.12. The van der Waals surface area contributed by atoms with Crippen molar-refractivity contribution in [2.75, 3.05) is 12.4 Å². The van der Waals surface area contributed by atoms with E-state index >= 15 is 0 Å². The zero-order valence-corrected chi connectivity index (χ0v) is 13.1. The van der Waals surface area contributed by atoms with Gasteiger partial charge in [-0.15, -0.1) is 11.3 Å². The lowest BCUT2D eigenvalue weighted by Gasteiger charge is -2.06. The van der Waals surface area contributed by atoms with Crippen molar-refractivity contribution < 1.29 is 8.42 Å². The van der Waals surface area contributed by atoms with Crippen LogP contribution in [0, 0.1) is 0 Å². The highest BCUT2D eigenvalue weighted by Gasteiger charge is 2.25. The molecule has 3 aromatic heterocycles. The molecule has 0 saturated heterocycles. The average Bonchev–Trinajstić information content (AvgIpc) is 3.10. The van der Waals surface area contributed by atoms with E-state index < -0.39 is 10.0 Å². The molecular formula is C11H14N6O2S2. The molecule has 0 saturated carbocycles. The van der Waals surface area contributed by atoms with Crippen LogP contribution in [0.15, 0.2) is 29.0 Å². The maximum Gasteiger partial charge on any atom is 0.260 e. The molecule has 0 aliphatic rings. The molecule has 0 radical (unpaired) electrons. The number of imidazole rings is 1. The fourth-order valence-electron chi connectivity index (χ4n) is 1.99. The number of aryl methyl sites for hydroxylation is 1. The second-order valence-electron chi connectivity index (χ2n) is 4.42. The summed E-state index contributed by atoms with van der Waals surface area (Å²) in [6, 6.07) is 0. The van der Waals surface area contributed by atoms with Crippen molar-refractivity contribution in [2.24, 2.45) is 7.05 Å². The van der Waals surface area contributed by atoms with Crippen LogP contribution in [0.3, 0.4) is 0 Å². The minimum Gasteiger partial charge on any atom is -0.371 e. The lowest BCUT2D eigenvalue weighted by Crippen LogP contribution is -2.25. The molecule has 3 heterocycles. The summed E-state index contributed by atoms with van der Waals surface area (Å²) >= 11 is 1.38. The number of anilines is 1. The molecule has 2 N–H and O–H groups in total. The van der Waals surface area contributed by atoms with Crippen LogP contribution < -0.4 is 10.0 Å². The molecule has 8 nitrogen and oxygen atoms in total. The summed E-state index contributed by atoms with van der Waals surface area (Å²) in [5.41, 5.74) is 0.790. The van der Waals surface area contributed by atoms with Crippen LogP contribution in [-0.2, 0) is 23.6 Å². The second-order valence-corrected chi connectivity index (χ2v) is 6.97. The van der Waals surface area contributed by atoms with Gasteiger partial charge in [0.15, 0.2) is 15.8 Å². The number of thiazole rings is 1. The van der Waals surface area contributed by atoms with E-state index in [0.717, 1.165) is 5.56 Å². The molecule has 10 heteroatoms. The summed E-state index contributed by atoms with van der Waals surface area (Å²) in [7, 11) is -0.261. The van der Waals surface area contributed by atoms with Gasteiger partial charge in [-0.25, -0.2) is 18.1 Å². The summed E-state index contributed by atoms with van der Waals surface area (Å²) in [4.78, 5) is 4.88. The molecule has 0 amide bonds. The van der Waals surface area contributed by atoms with Crippen LogP contribution in [0.5, 0.6) is 0 Å². The molecule has 0 aliphatic heterocycles. The van der Waals surface area contributed by atoms with E-state index in [9.17, 15) is 8.42 Å². The summed E-state index contributed by atoms with van der Waals surface area (Å²) < 4.78 is 30.8. The fraction of sp³-hybridized carbons (Fsp3) is 0.273. The molecule has 3 rings (SSSR count). The van der Waals surface area contributed by atoms with E-state index in [0.29, 0.717) is 10.8 Å². The predicted molar refractivity (Wildman–Crippen MR) is 79.8 cm³/mol. The average molecular weight is 326 g/mol. The van der Waals surface area contributed by atoms with Crippen LogP contribution in [0.25, 0.3) is 4.96 Å². The highest BCUT2D eigenvalue weighted by atomic mass is 32.2. The molecule has 0 bridgehead atoms. The van der Waals surface area contributed by atoms with Crippen LogP contribution in [0.2, 0.25) is 0 Å². The standard InChI is InChI=1S/C11H14N6O2S2/c1-12-9-10(17-3-4-20-11(17)15-9)21(18,19)14-6-8-5-13-16(2)7-8/h3-5,7,12,14H,6H2,1-2H3. The third-order valence-corrected chi connectivity index (χ3v) is 5.11. The van der Waals surface area contributed by atoms with Gasteiger partial charge in [-0.3, -0.25) is 9.08 Å². The van der Waals surface area contributed by atoms with Gasteiger partial charge in [0.25, 0.3) is 10.0 Å². The Hall–Kier alpha value is -1.91. The van der Waals surface area contributed by atoms with Gasteiger partial charge in [0.05, 0.1) is 6.20 Å². The van der Waals surface area contributed by atoms with Crippen LogP contribution in [0.4, 0.5) is 5.82 Å². The molecule has 0 unspecified atom stereocenters. The first-order valence-corrected chi connectivity index (χ1v) is 8.48. The van der Waals surface area contributed by atoms with E-state index in [2.05, 4.69) is 20.1 Å². The largest absolute Gasteiger partial charge is 0.371 e. The minimum absolute atomic E-state index is 0.116. The topological polar surface area (TPSA) is 93.3 Å². The van der Waals surface area contributed by atoms with Gasteiger partial charge in [-0.2, -0.15) is 5.10 Å². The first-order chi connectivity index (χ1) is 10.0. The van der Waals surface area contributed by atoms with E-state index in [4.69, 9.17) is 0 Å². The van der Waals surface area contributed by atoms with E-state index in [-0.39, 0.29) is 11.6 Å². The normalized spacial score (nSPS) is 12.1. The Morgan fingerprint density at radius 1 is 1.43 bits per heavy atom. The van der Waals surface area contributed by atoms with Crippen LogP contribution >= 0.6 is 11.3 Å². The smallest absolute Gasteiger partial charge is 0.260 e. The van der Waals surface area contributed by atoms with E-state index in [1.54, 1.807) is 47.1 Å². The van der Waals surface area contributed by atoms with E-state index in [1.807, 2.05) is 0 Å². The zero-order valence-electron chi connectivity index (χ0n) is 11.4. The van der Waals surface area contributed by atoms with Gasteiger partial charge in [-0.1, -0.05) is 0 Å². The number of nitrogens with zero attached hydrogens (tertiary/aromatic N) is 4. The van der Waals surface area contributed by atoms with Gasteiger partial charge < -0.3 is 5.32 Å². The van der Waals surface area contributed by atoms with Gasteiger partial charge in [0, 0.05) is 44.0 Å². The van der Waals surface area contributed by atoms with Gasteiger partial charge in [0.1, 0.15) is 0 Å². The summed E-state index contributed by atoms with van der Waals surface area (Å²) in [6.07, 6.45) is 5.07. The monoisotopic (exact) mass is 326 g/mol. The lowest BCUT2D eigenvalue weighted by molar-refractivity contribution is 0.577. The maximum absolute atomic E-state index is 12.5. The highest BCUT2D eigenvalue weighted by molar-refractivity contribution is 7.89. The Morgan fingerprint density at radius 3 is 2.90 bits per heavy atom. The number of rotatable bonds is 5. The first kappa shape index (κ1) is 14.0. The predicted octanol–water partition coefficient (Wildman–Crippen LogP) is 0.649. The number of sulfonamides is 1. The molecule has 0 atom stereocenters. The molecule has 0 aliphatic carbocycles. The SMILES string of the molecule is CNc1nc2sccn2c1S(=O)(=O)NCc1cnn(C)c1. The molecule has 112 valence electrons. The van der Waals surface area contributed by atoms with Crippen molar-refractivity contribution in [1.82, 2.24) is 23.9 Å². The molecule has 0 aromatic carbocycles. The van der Waals surface area contributed by atoms with Crippen molar-refractivity contribution in [3.63, 3.8) is 0 Å². The van der Waals surface area contributed by atoms with Crippen molar-refractivity contribution in [1.29, 1.82) is 0 Å². The zero-order chi connectivity index (χ0) is 15.0. The van der Waals surface area contributed by atoms with Crippen LogP contribution in [-0.4, -0.2) is 34.6 Å². The molecule has 21 heavy (non-hydrogen) atoms. The Labute approximate surface area is 125 Å². The Bertz CT molecular complexity index is 876. The molecule has 0 spiro atoms. The molecule has 0 fully saturated rings. The van der Waals surface area contributed by atoms with E-state index in [1.165, 1.54) is 11.3 Å². The van der Waals surface area contributed by atoms with Crippen LogP contribution in [0.1, 0.15) is 5.56 Å². The number of fused-ring (bicyclic) bond motifs is 1. The maximum atomic E-state index is 12.5. The minimum atomic E-state index is -3.69. The van der Waals surface area contributed by atoms with Crippen molar-refractivity contribution in [2.45, 2.75) is 11.6 Å². The number of nitrogens with one attached hydrogen (secondary N) is 2. The Balaban J connectivity index is 1.94. The summed E-state index contributed by atoms with van der Waals surface area (Å²) in [5, 5.41) is 8.74.